The van der Waals surface area contributed by atoms with Gasteiger partial charge in [0.2, 0.25) is 0 Å². The molecule has 1 heterocycles. The molecule has 8 nitrogen and oxygen atoms in total. The molecule has 62 valence electrons. The van der Waals surface area contributed by atoms with E-state index < -0.39 is 15.8 Å². The van der Waals surface area contributed by atoms with Crippen molar-refractivity contribution >= 4 is 11.6 Å². The molecule has 12 heavy (non-hydrogen) atoms. The Kier molecular flexibility index (Phi) is 1.90. The van der Waals surface area contributed by atoms with Crippen molar-refractivity contribution in [3.63, 3.8) is 0 Å². The zero-order valence-corrected chi connectivity index (χ0v) is 5.58. The first-order chi connectivity index (χ1) is 5.61. The standard InChI is InChI=1S/C4H2N4O4/c9-7(10)3-1-5-4(6-2-3)8(11)12/h1-2H. The fourth-order valence-electron chi connectivity index (χ4n) is 0.503. The summed E-state index contributed by atoms with van der Waals surface area (Å²) < 4.78 is 0. The number of nitrogens with zero attached hydrogens (tertiary/aromatic N) is 4. The van der Waals surface area contributed by atoms with Crippen molar-refractivity contribution in [1.29, 1.82) is 0 Å². The Labute approximate surface area is 65.2 Å². The van der Waals surface area contributed by atoms with Gasteiger partial charge >= 0.3 is 11.6 Å². The maximum absolute atomic E-state index is 10.0. The van der Waals surface area contributed by atoms with Gasteiger partial charge < -0.3 is 10.1 Å². The van der Waals surface area contributed by atoms with Gasteiger partial charge in [-0.15, -0.1) is 0 Å². The molecular weight excluding hydrogens is 168 g/mol. The number of hydrogen-bond donors (Lipinski definition) is 0. The van der Waals surface area contributed by atoms with Gasteiger partial charge in [-0.25, -0.2) is 0 Å². The van der Waals surface area contributed by atoms with Crippen molar-refractivity contribution in [2.75, 3.05) is 0 Å². The normalized spacial score (nSPS) is 9.33. The Bertz CT molecular complexity index is 287. The monoisotopic (exact) mass is 170 g/mol. The fraction of sp³-hybridized carbons (Fsp3) is 0. The molecule has 0 fully saturated rings. The van der Waals surface area contributed by atoms with Crippen molar-refractivity contribution < 1.29 is 9.85 Å². The van der Waals surface area contributed by atoms with Crippen molar-refractivity contribution in [1.82, 2.24) is 9.97 Å². The van der Waals surface area contributed by atoms with E-state index in [2.05, 4.69) is 9.97 Å². The largest absolute Gasteiger partial charge is 0.469 e. The molecule has 0 saturated carbocycles. The highest BCUT2D eigenvalue weighted by Gasteiger charge is 2.14. The molecule has 0 spiro atoms. The van der Waals surface area contributed by atoms with E-state index in [1.165, 1.54) is 0 Å². The molecule has 8 heteroatoms. The summed E-state index contributed by atoms with van der Waals surface area (Å²) in [4.78, 5) is 24.8. The van der Waals surface area contributed by atoms with Crippen molar-refractivity contribution in [2.45, 2.75) is 0 Å². The van der Waals surface area contributed by atoms with Crippen LogP contribution in [0, 0.1) is 20.2 Å². The number of rotatable bonds is 2. The highest BCUT2D eigenvalue weighted by molar-refractivity contribution is 5.23. The Morgan fingerprint density at radius 3 is 1.92 bits per heavy atom. The van der Waals surface area contributed by atoms with E-state index in [0.717, 1.165) is 12.4 Å². The van der Waals surface area contributed by atoms with E-state index >= 15 is 0 Å². The second-order valence-corrected chi connectivity index (χ2v) is 1.76. The lowest BCUT2D eigenvalue weighted by Crippen LogP contribution is -1.97. The van der Waals surface area contributed by atoms with Crippen LogP contribution in [0.1, 0.15) is 0 Å². The van der Waals surface area contributed by atoms with E-state index in [1.54, 1.807) is 0 Å². The molecule has 0 radical (unpaired) electrons. The lowest BCUT2D eigenvalue weighted by Gasteiger charge is -1.88. The Hall–Kier alpha value is -2.12. The predicted molar refractivity (Wildman–Crippen MR) is 35.3 cm³/mol. The Morgan fingerprint density at radius 2 is 1.58 bits per heavy atom. The molecule has 0 bridgehead atoms. The van der Waals surface area contributed by atoms with Crippen LogP contribution in [0.25, 0.3) is 0 Å². The average Bonchev–Trinajstić information content (AvgIpc) is 2.04. The molecule has 0 aliphatic carbocycles. The minimum atomic E-state index is -0.830. The maximum Gasteiger partial charge on any atom is 0.469 e. The highest BCUT2D eigenvalue weighted by Crippen LogP contribution is 2.08. The van der Waals surface area contributed by atoms with E-state index in [9.17, 15) is 20.2 Å². The summed E-state index contributed by atoms with van der Waals surface area (Å²) in [5, 5.41) is 20.0. The average molecular weight is 170 g/mol. The number of aromatic nitrogens is 2. The molecule has 1 aromatic heterocycles. The molecule has 0 aliphatic heterocycles. The Morgan fingerprint density at radius 1 is 1.08 bits per heavy atom. The van der Waals surface area contributed by atoms with Crippen LogP contribution < -0.4 is 0 Å². The molecule has 0 N–H and O–H groups in total. The third-order valence-corrected chi connectivity index (χ3v) is 0.999. The highest BCUT2D eigenvalue weighted by atomic mass is 16.6. The van der Waals surface area contributed by atoms with Gasteiger partial charge in [0.25, 0.3) is 0 Å². The zero-order valence-electron chi connectivity index (χ0n) is 5.58. The molecule has 0 aliphatic rings. The van der Waals surface area contributed by atoms with Crippen LogP contribution in [-0.2, 0) is 0 Å². The van der Waals surface area contributed by atoms with E-state index in [4.69, 9.17) is 0 Å². The lowest BCUT2D eigenvalue weighted by atomic mass is 10.6. The van der Waals surface area contributed by atoms with Crippen molar-refractivity contribution in [2.24, 2.45) is 0 Å². The van der Waals surface area contributed by atoms with Gasteiger partial charge in [-0.05, 0) is 4.92 Å². The summed E-state index contributed by atoms with van der Waals surface area (Å²) in [5.41, 5.74) is -0.374. The third-order valence-electron chi connectivity index (χ3n) is 0.999. The van der Waals surface area contributed by atoms with Crippen LogP contribution in [0.5, 0.6) is 0 Å². The zero-order chi connectivity index (χ0) is 9.14. The molecule has 0 aromatic carbocycles. The van der Waals surface area contributed by atoms with E-state index in [-0.39, 0.29) is 5.69 Å². The number of hydrogen-bond acceptors (Lipinski definition) is 6. The fourth-order valence-corrected chi connectivity index (χ4v) is 0.503. The third kappa shape index (κ3) is 1.48. The van der Waals surface area contributed by atoms with Crippen LogP contribution in [-0.4, -0.2) is 19.8 Å². The first-order valence-electron chi connectivity index (χ1n) is 2.72. The lowest BCUT2D eigenvalue weighted by molar-refractivity contribution is -0.397. The topological polar surface area (TPSA) is 112 Å². The summed E-state index contributed by atoms with van der Waals surface area (Å²) in [6.07, 6.45) is 1.57. The van der Waals surface area contributed by atoms with E-state index in [1.807, 2.05) is 0 Å². The first-order valence-corrected chi connectivity index (χ1v) is 2.72. The van der Waals surface area contributed by atoms with Gasteiger partial charge in [0.15, 0.2) is 12.4 Å². The minimum Gasteiger partial charge on any atom is -0.390 e. The van der Waals surface area contributed by atoms with Crippen LogP contribution in [0.15, 0.2) is 12.4 Å². The quantitative estimate of drug-likeness (QED) is 0.465. The number of nitro groups is 2. The predicted octanol–water partition coefficient (Wildman–Crippen LogP) is 0.293. The molecule has 1 rings (SSSR count). The summed E-state index contributed by atoms with van der Waals surface area (Å²) in [7, 11) is 0. The van der Waals surface area contributed by atoms with Crippen LogP contribution in [0.4, 0.5) is 11.6 Å². The molecular formula is C4H2N4O4. The Balaban J connectivity index is 3.01. The first kappa shape index (κ1) is 7.98. The van der Waals surface area contributed by atoms with E-state index in [0.29, 0.717) is 0 Å². The second kappa shape index (κ2) is 2.86. The molecule has 0 atom stereocenters. The van der Waals surface area contributed by atoms with Gasteiger partial charge in [-0.3, -0.25) is 10.1 Å². The van der Waals surface area contributed by atoms with Gasteiger partial charge in [0, 0.05) is 0 Å². The maximum atomic E-state index is 10.0. The van der Waals surface area contributed by atoms with Gasteiger partial charge in [0.1, 0.15) is 0 Å². The van der Waals surface area contributed by atoms with Crippen LogP contribution >= 0.6 is 0 Å². The van der Waals surface area contributed by atoms with Gasteiger partial charge in [-0.1, -0.05) is 9.97 Å². The van der Waals surface area contributed by atoms with Gasteiger partial charge in [0.05, 0.1) is 4.92 Å². The summed E-state index contributed by atoms with van der Waals surface area (Å²) in [6.45, 7) is 0. The summed E-state index contributed by atoms with van der Waals surface area (Å²) in [5.74, 6) is -0.652. The van der Waals surface area contributed by atoms with Crippen molar-refractivity contribution in [3.8, 4) is 0 Å². The van der Waals surface area contributed by atoms with Crippen molar-refractivity contribution in [3.05, 3.63) is 32.6 Å². The van der Waals surface area contributed by atoms with Crippen LogP contribution in [0.2, 0.25) is 0 Å². The van der Waals surface area contributed by atoms with Crippen LogP contribution in [0.3, 0.4) is 0 Å². The van der Waals surface area contributed by atoms with Gasteiger partial charge in [-0.2, -0.15) is 0 Å². The minimum absolute atomic E-state index is 0.374. The SMILES string of the molecule is O=[N+]([O-])c1cnc([N+](=O)[O-])nc1. The molecule has 0 saturated heterocycles. The summed E-state index contributed by atoms with van der Waals surface area (Å²) in [6, 6.07) is 0. The molecule has 1 aromatic rings. The second-order valence-electron chi connectivity index (χ2n) is 1.76. The summed E-state index contributed by atoms with van der Waals surface area (Å²) >= 11 is 0. The molecule has 0 amide bonds. The smallest absolute Gasteiger partial charge is 0.390 e. The molecule has 0 unspecified atom stereocenters.